The molecule has 3 rings (SSSR count). The van der Waals surface area contributed by atoms with E-state index in [1.54, 1.807) is 0 Å². The molecule has 2 aliphatic rings. The molecule has 1 aromatic carbocycles. The normalized spacial score (nSPS) is 25.0. The Kier molecular flexibility index (Phi) is 4.13. The standard InChI is InChI=1S/C18H28N2/c1-18(2)14-15-8-3-4-9-16(15)17(18)19-10-7-13-20-11-5-6-12-20/h3-4,8-9,17,19H,5-7,10-14H2,1-2H3. The van der Waals surface area contributed by atoms with Crippen LogP contribution in [0.15, 0.2) is 24.3 Å². The minimum Gasteiger partial charge on any atom is -0.309 e. The van der Waals surface area contributed by atoms with E-state index in [9.17, 15) is 0 Å². The van der Waals surface area contributed by atoms with Crippen LogP contribution in [0, 0.1) is 5.41 Å². The molecule has 20 heavy (non-hydrogen) atoms. The summed E-state index contributed by atoms with van der Waals surface area (Å²) >= 11 is 0. The fraction of sp³-hybridized carbons (Fsp3) is 0.667. The molecule has 1 fully saturated rings. The van der Waals surface area contributed by atoms with Crippen LogP contribution in [-0.4, -0.2) is 31.1 Å². The van der Waals surface area contributed by atoms with E-state index in [2.05, 4.69) is 48.3 Å². The zero-order valence-electron chi connectivity index (χ0n) is 13.0. The van der Waals surface area contributed by atoms with Crippen LogP contribution < -0.4 is 5.32 Å². The lowest BCUT2D eigenvalue weighted by Gasteiger charge is -2.29. The van der Waals surface area contributed by atoms with Gasteiger partial charge in [0.1, 0.15) is 0 Å². The maximum Gasteiger partial charge on any atom is 0.0377 e. The second kappa shape index (κ2) is 5.87. The summed E-state index contributed by atoms with van der Waals surface area (Å²) in [7, 11) is 0. The van der Waals surface area contributed by atoms with Crippen molar-refractivity contribution in [1.29, 1.82) is 0 Å². The number of fused-ring (bicyclic) bond motifs is 1. The third-order valence-electron chi connectivity index (χ3n) is 4.99. The van der Waals surface area contributed by atoms with Crippen molar-refractivity contribution in [3.8, 4) is 0 Å². The third kappa shape index (κ3) is 2.91. The quantitative estimate of drug-likeness (QED) is 0.827. The molecule has 2 heteroatoms. The molecule has 1 unspecified atom stereocenters. The Bertz CT molecular complexity index is 446. The average molecular weight is 272 g/mol. The lowest BCUT2D eigenvalue weighted by atomic mass is 9.85. The van der Waals surface area contributed by atoms with Gasteiger partial charge in [0, 0.05) is 6.04 Å². The van der Waals surface area contributed by atoms with Crippen LogP contribution in [-0.2, 0) is 6.42 Å². The molecule has 1 atom stereocenters. The summed E-state index contributed by atoms with van der Waals surface area (Å²) in [5.41, 5.74) is 3.41. The van der Waals surface area contributed by atoms with Gasteiger partial charge in [-0.1, -0.05) is 38.1 Å². The van der Waals surface area contributed by atoms with Crippen LogP contribution in [0.1, 0.15) is 50.3 Å². The first kappa shape index (κ1) is 14.1. The number of nitrogens with one attached hydrogen (secondary N) is 1. The number of benzene rings is 1. The predicted molar refractivity (Wildman–Crippen MR) is 85.0 cm³/mol. The molecule has 0 aromatic heterocycles. The SMILES string of the molecule is CC1(C)Cc2ccccc2C1NCCCN1CCCC1. The smallest absolute Gasteiger partial charge is 0.0377 e. The van der Waals surface area contributed by atoms with Crippen molar-refractivity contribution >= 4 is 0 Å². The van der Waals surface area contributed by atoms with Gasteiger partial charge >= 0.3 is 0 Å². The Morgan fingerprint density at radius 2 is 1.95 bits per heavy atom. The topological polar surface area (TPSA) is 15.3 Å². The highest BCUT2D eigenvalue weighted by Gasteiger charge is 2.38. The van der Waals surface area contributed by atoms with Crippen LogP contribution in [0.5, 0.6) is 0 Å². The summed E-state index contributed by atoms with van der Waals surface area (Å²) in [6.45, 7) is 9.83. The van der Waals surface area contributed by atoms with Gasteiger partial charge in [-0.05, 0) is 68.4 Å². The average Bonchev–Trinajstić information content (AvgIpc) is 3.00. The van der Waals surface area contributed by atoms with Gasteiger partial charge in [-0.3, -0.25) is 0 Å². The van der Waals surface area contributed by atoms with E-state index in [1.807, 2.05) is 0 Å². The molecule has 0 radical (unpaired) electrons. The van der Waals surface area contributed by atoms with Gasteiger partial charge in [0.05, 0.1) is 0 Å². The van der Waals surface area contributed by atoms with Crippen molar-refractivity contribution in [2.24, 2.45) is 5.41 Å². The highest BCUT2D eigenvalue weighted by molar-refractivity contribution is 5.37. The molecule has 1 aliphatic carbocycles. The van der Waals surface area contributed by atoms with E-state index < -0.39 is 0 Å². The Balaban J connectivity index is 1.53. The second-order valence-corrected chi connectivity index (χ2v) is 7.15. The lowest BCUT2D eigenvalue weighted by molar-refractivity contribution is 0.261. The zero-order valence-corrected chi connectivity index (χ0v) is 13.0. The minimum absolute atomic E-state index is 0.345. The number of hydrogen-bond donors (Lipinski definition) is 1. The van der Waals surface area contributed by atoms with Crippen molar-refractivity contribution in [2.45, 2.75) is 45.6 Å². The van der Waals surface area contributed by atoms with Crippen LogP contribution >= 0.6 is 0 Å². The monoisotopic (exact) mass is 272 g/mol. The Morgan fingerprint density at radius 3 is 2.75 bits per heavy atom. The van der Waals surface area contributed by atoms with Gasteiger partial charge in [0.15, 0.2) is 0 Å². The van der Waals surface area contributed by atoms with Crippen LogP contribution in [0.2, 0.25) is 0 Å². The molecule has 1 heterocycles. The maximum atomic E-state index is 3.83. The van der Waals surface area contributed by atoms with E-state index in [4.69, 9.17) is 0 Å². The fourth-order valence-corrected chi connectivity index (χ4v) is 3.93. The van der Waals surface area contributed by atoms with Gasteiger partial charge < -0.3 is 10.2 Å². The minimum atomic E-state index is 0.345. The molecule has 110 valence electrons. The van der Waals surface area contributed by atoms with E-state index in [0.29, 0.717) is 11.5 Å². The third-order valence-corrected chi connectivity index (χ3v) is 4.99. The summed E-state index contributed by atoms with van der Waals surface area (Å²) in [5.74, 6) is 0. The zero-order chi connectivity index (χ0) is 14.0. The summed E-state index contributed by atoms with van der Waals surface area (Å²) in [6.07, 6.45) is 5.27. The molecule has 0 bridgehead atoms. The van der Waals surface area contributed by atoms with E-state index in [-0.39, 0.29) is 0 Å². The summed E-state index contributed by atoms with van der Waals surface area (Å²) in [5, 5.41) is 3.83. The van der Waals surface area contributed by atoms with Gasteiger partial charge in [0.25, 0.3) is 0 Å². The molecule has 1 aromatic rings. The van der Waals surface area contributed by atoms with Crippen LogP contribution in [0.3, 0.4) is 0 Å². The van der Waals surface area contributed by atoms with E-state index >= 15 is 0 Å². The lowest BCUT2D eigenvalue weighted by Crippen LogP contribution is -2.33. The fourth-order valence-electron chi connectivity index (χ4n) is 3.93. The Hall–Kier alpha value is -0.860. The number of likely N-dealkylation sites (tertiary alicyclic amines) is 1. The first-order valence-electron chi connectivity index (χ1n) is 8.20. The van der Waals surface area contributed by atoms with Crippen molar-refractivity contribution < 1.29 is 0 Å². The first-order valence-corrected chi connectivity index (χ1v) is 8.20. The second-order valence-electron chi connectivity index (χ2n) is 7.15. The maximum absolute atomic E-state index is 3.83. The van der Waals surface area contributed by atoms with Gasteiger partial charge in [-0.25, -0.2) is 0 Å². The Labute approximate surface area is 123 Å². The summed E-state index contributed by atoms with van der Waals surface area (Å²) in [4.78, 5) is 2.61. The number of rotatable bonds is 5. The Morgan fingerprint density at radius 1 is 1.20 bits per heavy atom. The van der Waals surface area contributed by atoms with E-state index in [1.165, 1.54) is 56.4 Å². The van der Waals surface area contributed by atoms with Gasteiger partial charge in [0.2, 0.25) is 0 Å². The molecule has 0 saturated carbocycles. The molecule has 2 nitrogen and oxygen atoms in total. The van der Waals surface area contributed by atoms with Gasteiger partial charge in [-0.2, -0.15) is 0 Å². The molecule has 0 spiro atoms. The van der Waals surface area contributed by atoms with Gasteiger partial charge in [-0.15, -0.1) is 0 Å². The van der Waals surface area contributed by atoms with Crippen molar-refractivity contribution in [3.63, 3.8) is 0 Å². The molecule has 1 aliphatic heterocycles. The molecule has 0 amide bonds. The molecule has 1 saturated heterocycles. The number of hydrogen-bond acceptors (Lipinski definition) is 2. The van der Waals surface area contributed by atoms with Crippen LogP contribution in [0.25, 0.3) is 0 Å². The van der Waals surface area contributed by atoms with Crippen molar-refractivity contribution in [2.75, 3.05) is 26.2 Å². The highest BCUT2D eigenvalue weighted by atomic mass is 15.1. The van der Waals surface area contributed by atoms with Crippen molar-refractivity contribution in [1.82, 2.24) is 10.2 Å². The van der Waals surface area contributed by atoms with E-state index in [0.717, 1.165) is 6.54 Å². The molecular weight excluding hydrogens is 244 g/mol. The number of nitrogens with zero attached hydrogens (tertiary/aromatic N) is 1. The van der Waals surface area contributed by atoms with Crippen LogP contribution in [0.4, 0.5) is 0 Å². The predicted octanol–water partition coefficient (Wildman–Crippen LogP) is 3.39. The summed E-state index contributed by atoms with van der Waals surface area (Å²) < 4.78 is 0. The molecule has 1 N–H and O–H groups in total. The largest absolute Gasteiger partial charge is 0.309 e. The summed E-state index contributed by atoms with van der Waals surface area (Å²) in [6, 6.07) is 9.48. The first-order chi connectivity index (χ1) is 9.67. The van der Waals surface area contributed by atoms with Crippen molar-refractivity contribution in [3.05, 3.63) is 35.4 Å². The highest BCUT2D eigenvalue weighted by Crippen LogP contribution is 2.44. The molecular formula is C18H28N2.